The Bertz CT molecular complexity index is 1110. The number of nitrogens with one attached hydrogen (secondary N) is 1. The molecule has 0 radical (unpaired) electrons. The quantitative estimate of drug-likeness (QED) is 0.339. The highest BCUT2D eigenvalue weighted by Gasteiger charge is 2.19. The fourth-order valence-electron chi connectivity index (χ4n) is 3.32. The van der Waals surface area contributed by atoms with Gasteiger partial charge in [0.25, 0.3) is 5.00 Å². The van der Waals surface area contributed by atoms with E-state index < -0.39 is 0 Å². The Kier molecular flexibility index (Phi) is 6.82. The van der Waals surface area contributed by atoms with Gasteiger partial charge in [0, 0.05) is 36.6 Å². The van der Waals surface area contributed by atoms with E-state index in [4.69, 9.17) is 5.11 Å². The molecule has 2 aromatic heterocycles. The number of aromatic nitrogens is 2. The lowest BCUT2D eigenvalue weighted by Crippen LogP contribution is -3.00. The van der Waals surface area contributed by atoms with Crippen LogP contribution < -0.4 is 21.9 Å². The van der Waals surface area contributed by atoms with E-state index in [1.54, 1.807) is 11.3 Å². The lowest BCUT2D eigenvalue weighted by molar-refractivity contribution is -0.00000569. The first-order chi connectivity index (χ1) is 13.7. The van der Waals surface area contributed by atoms with E-state index in [1.165, 1.54) is 5.00 Å². The van der Waals surface area contributed by atoms with Gasteiger partial charge in [0.15, 0.2) is 6.20 Å². The Morgan fingerprint density at radius 3 is 2.45 bits per heavy atom. The van der Waals surface area contributed by atoms with Crippen LogP contribution in [-0.2, 0) is 7.05 Å². The van der Waals surface area contributed by atoms with Crippen LogP contribution in [0, 0.1) is 0 Å². The summed E-state index contributed by atoms with van der Waals surface area (Å²) in [7, 11) is 2.02. The van der Waals surface area contributed by atoms with E-state index >= 15 is 0 Å². The average Bonchev–Trinajstić information content (AvgIpc) is 3.28. The molecule has 7 heteroatoms. The van der Waals surface area contributed by atoms with Crippen LogP contribution in [-0.4, -0.2) is 22.6 Å². The van der Waals surface area contributed by atoms with Crippen LogP contribution in [0.5, 0.6) is 0 Å². The van der Waals surface area contributed by atoms with Crippen LogP contribution in [0.15, 0.2) is 71.0 Å². The number of hydrogen-bond acceptors (Lipinski definition) is 4. The van der Waals surface area contributed by atoms with E-state index in [-0.39, 0.29) is 17.0 Å². The van der Waals surface area contributed by atoms with E-state index in [2.05, 4.69) is 59.3 Å². The third-order valence-electron chi connectivity index (χ3n) is 4.85. The summed E-state index contributed by atoms with van der Waals surface area (Å²) in [6.45, 7) is 6.30. The number of nitrogens with zero attached hydrogens (tertiary/aromatic N) is 4. The number of para-hydroxylation sites is 1. The number of halogens is 1. The lowest BCUT2D eigenvalue weighted by Gasteiger charge is -2.11. The van der Waals surface area contributed by atoms with Crippen molar-refractivity contribution in [1.29, 1.82) is 0 Å². The van der Waals surface area contributed by atoms with Crippen LogP contribution in [0.3, 0.4) is 0 Å². The van der Waals surface area contributed by atoms with Crippen molar-refractivity contribution in [2.45, 2.75) is 13.8 Å². The summed E-state index contributed by atoms with van der Waals surface area (Å²) in [5.41, 5.74) is 4.04. The molecular weight excluding hydrogens is 446 g/mol. The van der Waals surface area contributed by atoms with Crippen molar-refractivity contribution in [2.75, 3.05) is 18.0 Å². The molecule has 0 aliphatic carbocycles. The molecule has 0 aliphatic rings. The average molecular weight is 470 g/mol. The Hall–Kier alpha value is -2.51. The number of H-pyrrole nitrogens is 1. The van der Waals surface area contributed by atoms with Gasteiger partial charge in [0.2, 0.25) is 0 Å². The smallest absolute Gasteiger partial charge is 0.319 e. The van der Waals surface area contributed by atoms with Gasteiger partial charge >= 0.3 is 5.13 Å². The van der Waals surface area contributed by atoms with Gasteiger partial charge < -0.3 is 26.9 Å². The van der Waals surface area contributed by atoms with Crippen molar-refractivity contribution in [2.24, 2.45) is 17.3 Å². The van der Waals surface area contributed by atoms with Gasteiger partial charge in [-0.3, -0.25) is 0 Å². The minimum Gasteiger partial charge on any atom is -1.00 e. The number of hydrogen-bond donors (Lipinski definition) is 1. The molecule has 4 aromatic rings. The normalized spacial score (nSPS) is 11.1. The van der Waals surface area contributed by atoms with Gasteiger partial charge in [-0.2, -0.15) is 0 Å². The highest BCUT2D eigenvalue weighted by molar-refractivity contribution is 7.19. The molecule has 0 saturated carbocycles. The SMILES string of the molecule is CCN(CC)c1cn(C)[c+](N=Nc2c(-c3ccccc3)[nH]c3ccccc23)s1.[Br-]. The standard InChI is InChI=1S/C22H24N5S.BrH/c1-4-27(5-2)19-15-26(3)22(28-19)25-24-21-17-13-9-10-14-18(17)23-20(21)16-11-7-6-8-12-16;/h6-15,23H,4-5H2,1-3H3;1H/q+1;/p-1. The molecule has 2 heterocycles. The van der Waals surface area contributed by atoms with E-state index in [1.807, 2.05) is 41.9 Å². The van der Waals surface area contributed by atoms with Crippen molar-refractivity contribution >= 4 is 38.1 Å². The Morgan fingerprint density at radius 1 is 1.03 bits per heavy atom. The van der Waals surface area contributed by atoms with Gasteiger partial charge in [0.05, 0.1) is 17.0 Å². The largest absolute Gasteiger partial charge is 1.00 e. The molecule has 0 bridgehead atoms. The third kappa shape index (κ3) is 4.26. The van der Waals surface area contributed by atoms with Crippen LogP contribution in [0.4, 0.5) is 15.8 Å². The molecule has 29 heavy (non-hydrogen) atoms. The Balaban J connectivity index is 0.00000240. The maximum absolute atomic E-state index is 4.69. The zero-order valence-electron chi connectivity index (χ0n) is 16.8. The van der Waals surface area contributed by atoms with Crippen LogP contribution in [0.1, 0.15) is 13.8 Å². The lowest BCUT2D eigenvalue weighted by atomic mass is 10.1. The van der Waals surface area contributed by atoms with Crippen molar-refractivity contribution in [3.8, 4) is 11.3 Å². The first-order valence-corrected chi connectivity index (χ1v) is 10.3. The Labute approximate surface area is 185 Å². The van der Waals surface area contributed by atoms with E-state index in [0.717, 1.165) is 46.1 Å². The fraction of sp³-hybridized carbons (Fsp3) is 0.227. The molecule has 0 atom stereocenters. The van der Waals surface area contributed by atoms with Crippen molar-refractivity contribution in [1.82, 2.24) is 9.55 Å². The molecule has 1 N–H and O–H groups in total. The predicted octanol–water partition coefficient (Wildman–Crippen LogP) is 3.78. The highest BCUT2D eigenvalue weighted by Crippen LogP contribution is 2.39. The summed E-state index contributed by atoms with van der Waals surface area (Å²) in [6.07, 6.45) is 2.12. The molecule has 5 nitrogen and oxygen atoms in total. The summed E-state index contributed by atoms with van der Waals surface area (Å²) in [5, 5.41) is 12.5. The molecular formula is C22H24BrN5S. The van der Waals surface area contributed by atoms with E-state index in [0.29, 0.717) is 0 Å². The Morgan fingerprint density at radius 2 is 1.72 bits per heavy atom. The molecule has 0 spiro atoms. The molecule has 0 fully saturated rings. The second-order valence-electron chi connectivity index (χ2n) is 6.60. The minimum atomic E-state index is 0. The van der Waals surface area contributed by atoms with Gasteiger partial charge in [-0.05, 0) is 25.0 Å². The topological polar surface area (TPSA) is 48.7 Å². The zero-order valence-corrected chi connectivity index (χ0v) is 19.2. The van der Waals surface area contributed by atoms with Crippen LogP contribution in [0.2, 0.25) is 0 Å². The van der Waals surface area contributed by atoms with Crippen molar-refractivity contribution in [3.63, 3.8) is 0 Å². The number of anilines is 1. The van der Waals surface area contributed by atoms with E-state index in [9.17, 15) is 0 Å². The summed E-state index contributed by atoms with van der Waals surface area (Å²) in [6, 6.07) is 18.5. The zero-order chi connectivity index (χ0) is 19.5. The predicted molar refractivity (Wildman–Crippen MR) is 119 cm³/mol. The highest BCUT2D eigenvalue weighted by atomic mass is 79.9. The van der Waals surface area contributed by atoms with Gasteiger partial charge in [-0.15, -0.1) is 5.11 Å². The van der Waals surface area contributed by atoms with Gasteiger partial charge in [0.1, 0.15) is 5.69 Å². The summed E-state index contributed by atoms with van der Waals surface area (Å²) in [4.78, 5) is 5.83. The second-order valence-corrected chi connectivity index (χ2v) is 7.58. The van der Waals surface area contributed by atoms with Crippen molar-refractivity contribution < 1.29 is 17.0 Å². The molecule has 0 unspecified atom stereocenters. The molecule has 4 rings (SSSR count). The maximum atomic E-state index is 4.69. The van der Waals surface area contributed by atoms with Crippen LogP contribution >= 0.6 is 11.3 Å². The van der Waals surface area contributed by atoms with Crippen molar-refractivity contribution in [3.05, 3.63) is 60.8 Å². The summed E-state index contributed by atoms with van der Waals surface area (Å²) < 4.78 is 2.04. The molecule has 2 aromatic carbocycles. The monoisotopic (exact) mass is 469 g/mol. The number of thiazole rings is 1. The molecule has 150 valence electrons. The van der Waals surface area contributed by atoms with Crippen LogP contribution in [0.25, 0.3) is 22.2 Å². The first-order valence-electron chi connectivity index (χ1n) is 9.53. The summed E-state index contributed by atoms with van der Waals surface area (Å²) in [5.74, 6) is 0. The maximum Gasteiger partial charge on any atom is 0.319 e. The van der Waals surface area contributed by atoms with Gasteiger partial charge in [-0.1, -0.05) is 48.5 Å². The number of azo groups is 1. The third-order valence-corrected chi connectivity index (χ3v) is 5.98. The number of aromatic amines is 1. The van der Waals surface area contributed by atoms with Gasteiger partial charge in [-0.25, -0.2) is 4.57 Å². The number of fused-ring (bicyclic) bond motifs is 1. The second kappa shape index (κ2) is 9.33. The molecule has 0 saturated heterocycles. The number of aryl methyl sites for hydroxylation is 1. The fourth-order valence-corrected chi connectivity index (χ4v) is 4.39. The first kappa shape index (κ1) is 21.2. The summed E-state index contributed by atoms with van der Waals surface area (Å²) >= 11 is 1.66. The minimum absolute atomic E-state index is 0. The molecule has 0 aliphatic heterocycles. The number of benzene rings is 2. The number of rotatable bonds is 6. The molecule has 0 amide bonds.